The van der Waals surface area contributed by atoms with Crippen molar-refractivity contribution >= 4 is 0 Å². The summed E-state index contributed by atoms with van der Waals surface area (Å²) in [7, 11) is 0. The summed E-state index contributed by atoms with van der Waals surface area (Å²) >= 11 is 0. The first-order valence-electron chi connectivity index (χ1n) is 6.87. The van der Waals surface area contributed by atoms with Crippen LogP contribution in [0.25, 0.3) is 0 Å². The van der Waals surface area contributed by atoms with Gasteiger partial charge in [0.15, 0.2) is 0 Å². The molecule has 2 unspecified atom stereocenters. The quantitative estimate of drug-likeness (QED) is 0.664. The van der Waals surface area contributed by atoms with Crippen LogP contribution in [0.15, 0.2) is 0 Å². The first kappa shape index (κ1) is 12.3. The van der Waals surface area contributed by atoms with Gasteiger partial charge in [-0.15, -0.1) is 0 Å². The van der Waals surface area contributed by atoms with Gasteiger partial charge in [0.05, 0.1) is 5.60 Å². The maximum atomic E-state index is 9.99. The van der Waals surface area contributed by atoms with Gasteiger partial charge in [-0.05, 0) is 52.0 Å². The Morgan fingerprint density at radius 3 is 2.75 bits per heavy atom. The molecule has 16 heavy (non-hydrogen) atoms. The van der Waals surface area contributed by atoms with E-state index in [2.05, 4.69) is 17.6 Å². The van der Waals surface area contributed by atoms with Crippen molar-refractivity contribution in [3.63, 3.8) is 0 Å². The molecule has 2 aliphatic rings. The SMILES string of the molecule is CC(CC1CCCCN1)NCC1(O)CCC1. The first-order chi connectivity index (χ1) is 7.68. The predicted molar refractivity (Wildman–Crippen MR) is 66.5 cm³/mol. The molecule has 0 amide bonds. The van der Waals surface area contributed by atoms with E-state index in [1.807, 2.05) is 0 Å². The molecule has 1 aliphatic carbocycles. The Labute approximate surface area is 99.0 Å². The van der Waals surface area contributed by atoms with Crippen molar-refractivity contribution in [1.29, 1.82) is 0 Å². The van der Waals surface area contributed by atoms with Gasteiger partial charge in [-0.25, -0.2) is 0 Å². The van der Waals surface area contributed by atoms with Crippen LogP contribution in [0.2, 0.25) is 0 Å². The Morgan fingerprint density at radius 2 is 2.19 bits per heavy atom. The van der Waals surface area contributed by atoms with Crippen LogP contribution >= 0.6 is 0 Å². The Balaban J connectivity index is 1.61. The van der Waals surface area contributed by atoms with Crippen molar-refractivity contribution in [1.82, 2.24) is 10.6 Å². The van der Waals surface area contributed by atoms with E-state index < -0.39 is 0 Å². The Hall–Kier alpha value is -0.120. The lowest BCUT2D eigenvalue weighted by molar-refractivity contribution is -0.0332. The van der Waals surface area contributed by atoms with Crippen molar-refractivity contribution in [3.05, 3.63) is 0 Å². The lowest BCUT2D eigenvalue weighted by Gasteiger charge is -2.38. The van der Waals surface area contributed by atoms with E-state index >= 15 is 0 Å². The Kier molecular flexibility index (Phi) is 4.22. The number of rotatable bonds is 5. The zero-order valence-electron chi connectivity index (χ0n) is 10.5. The second-order valence-corrected chi connectivity index (χ2v) is 5.74. The summed E-state index contributed by atoms with van der Waals surface area (Å²) in [5.41, 5.74) is -0.381. The number of aliphatic hydroxyl groups is 1. The van der Waals surface area contributed by atoms with Crippen LogP contribution in [-0.2, 0) is 0 Å². The summed E-state index contributed by atoms with van der Waals surface area (Å²) in [4.78, 5) is 0. The number of nitrogens with one attached hydrogen (secondary N) is 2. The lowest BCUT2D eigenvalue weighted by atomic mass is 9.80. The normalized spacial score (nSPS) is 30.8. The molecule has 94 valence electrons. The largest absolute Gasteiger partial charge is 0.389 e. The van der Waals surface area contributed by atoms with Crippen molar-refractivity contribution in [3.8, 4) is 0 Å². The molecule has 2 fully saturated rings. The van der Waals surface area contributed by atoms with E-state index in [9.17, 15) is 5.11 Å². The van der Waals surface area contributed by atoms with Crippen molar-refractivity contribution < 1.29 is 5.11 Å². The topological polar surface area (TPSA) is 44.3 Å². The highest BCUT2D eigenvalue weighted by molar-refractivity contribution is 4.90. The van der Waals surface area contributed by atoms with E-state index in [0.717, 1.165) is 19.4 Å². The fourth-order valence-corrected chi connectivity index (χ4v) is 2.76. The molecular formula is C13H26N2O. The number of piperidine rings is 1. The van der Waals surface area contributed by atoms with Crippen molar-refractivity contribution in [2.45, 2.75) is 69.6 Å². The van der Waals surface area contributed by atoms with Gasteiger partial charge in [-0.1, -0.05) is 6.42 Å². The molecule has 1 aliphatic heterocycles. The number of hydrogen-bond donors (Lipinski definition) is 3. The third kappa shape index (κ3) is 3.44. The highest BCUT2D eigenvalue weighted by atomic mass is 16.3. The molecule has 0 spiro atoms. The molecule has 0 bridgehead atoms. The van der Waals surface area contributed by atoms with Gasteiger partial charge in [0.25, 0.3) is 0 Å². The summed E-state index contributed by atoms with van der Waals surface area (Å²) < 4.78 is 0. The monoisotopic (exact) mass is 226 g/mol. The summed E-state index contributed by atoms with van der Waals surface area (Å²) in [6, 6.07) is 1.20. The van der Waals surface area contributed by atoms with Crippen LogP contribution in [0.1, 0.15) is 51.9 Å². The molecular weight excluding hydrogens is 200 g/mol. The number of hydrogen-bond acceptors (Lipinski definition) is 3. The minimum absolute atomic E-state index is 0.381. The Morgan fingerprint density at radius 1 is 1.38 bits per heavy atom. The smallest absolute Gasteiger partial charge is 0.0771 e. The van der Waals surface area contributed by atoms with Crippen LogP contribution in [0, 0.1) is 0 Å². The van der Waals surface area contributed by atoms with E-state index in [1.54, 1.807) is 0 Å². The third-order valence-corrected chi connectivity index (χ3v) is 4.11. The van der Waals surface area contributed by atoms with Crippen LogP contribution < -0.4 is 10.6 Å². The van der Waals surface area contributed by atoms with E-state index in [0.29, 0.717) is 12.1 Å². The molecule has 1 heterocycles. The molecule has 3 nitrogen and oxygen atoms in total. The highest BCUT2D eigenvalue weighted by Crippen LogP contribution is 2.30. The predicted octanol–water partition coefficient (Wildman–Crippen LogP) is 1.41. The maximum absolute atomic E-state index is 9.99. The first-order valence-corrected chi connectivity index (χ1v) is 6.87. The zero-order valence-corrected chi connectivity index (χ0v) is 10.5. The molecule has 2 rings (SSSR count). The minimum atomic E-state index is -0.381. The van der Waals surface area contributed by atoms with Crippen molar-refractivity contribution in [2.75, 3.05) is 13.1 Å². The van der Waals surface area contributed by atoms with Gasteiger partial charge in [0.1, 0.15) is 0 Å². The molecule has 0 radical (unpaired) electrons. The van der Waals surface area contributed by atoms with Gasteiger partial charge in [-0.3, -0.25) is 0 Å². The van der Waals surface area contributed by atoms with Gasteiger partial charge >= 0.3 is 0 Å². The molecule has 0 aromatic rings. The van der Waals surface area contributed by atoms with Gasteiger partial charge in [0, 0.05) is 18.6 Å². The zero-order chi connectivity index (χ0) is 11.4. The molecule has 3 N–H and O–H groups in total. The summed E-state index contributed by atoms with van der Waals surface area (Å²) in [6.07, 6.45) is 8.36. The second-order valence-electron chi connectivity index (χ2n) is 5.74. The van der Waals surface area contributed by atoms with Crippen LogP contribution in [0.5, 0.6) is 0 Å². The maximum Gasteiger partial charge on any atom is 0.0771 e. The molecule has 0 aromatic carbocycles. The van der Waals surface area contributed by atoms with Gasteiger partial charge in [-0.2, -0.15) is 0 Å². The van der Waals surface area contributed by atoms with Crippen LogP contribution in [0.4, 0.5) is 0 Å². The van der Waals surface area contributed by atoms with E-state index in [4.69, 9.17) is 0 Å². The Bertz CT molecular complexity index is 210. The summed E-state index contributed by atoms with van der Waals surface area (Å²) in [6.45, 7) is 4.19. The summed E-state index contributed by atoms with van der Waals surface area (Å²) in [5, 5.41) is 17.0. The van der Waals surface area contributed by atoms with Gasteiger partial charge < -0.3 is 15.7 Å². The van der Waals surface area contributed by atoms with Crippen molar-refractivity contribution in [2.24, 2.45) is 0 Å². The average molecular weight is 226 g/mol. The molecule has 0 aromatic heterocycles. The third-order valence-electron chi connectivity index (χ3n) is 4.11. The highest BCUT2D eigenvalue weighted by Gasteiger charge is 2.34. The fraction of sp³-hybridized carbons (Fsp3) is 1.00. The molecule has 1 saturated heterocycles. The molecule has 1 saturated carbocycles. The minimum Gasteiger partial charge on any atom is -0.389 e. The molecule has 2 atom stereocenters. The second kappa shape index (κ2) is 5.48. The van der Waals surface area contributed by atoms with E-state index in [-0.39, 0.29) is 5.60 Å². The fourth-order valence-electron chi connectivity index (χ4n) is 2.76. The average Bonchev–Trinajstić information content (AvgIpc) is 2.25. The van der Waals surface area contributed by atoms with E-state index in [1.165, 1.54) is 38.6 Å². The molecule has 3 heteroatoms. The lowest BCUT2D eigenvalue weighted by Crippen LogP contribution is -2.49. The van der Waals surface area contributed by atoms with Crippen LogP contribution in [0.3, 0.4) is 0 Å². The summed E-state index contributed by atoms with van der Waals surface area (Å²) in [5.74, 6) is 0. The van der Waals surface area contributed by atoms with Gasteiger partial charge in [0.2, 0.25) is 0 Å². The standard InChI is InChI=1S/C13H26N2O/c1-11(9-12-5-2-3-8-14-12)15-10-13(16)6-4-7-13/h11-12,14-16H,2-10H2,1H3. The van der Waals surface area contributed by atoms with Crippen LogP contribution in [-0.4, -0.2) is 35.9 Å².